The number of hydrogen-bond donors (Lipinski definition) is 1. The zero-order valence-electron chi connectivity index (χ0n) is 9.19. The van der Waals surface area contributed by atoms with E-state index in [1.807, 2.05) is 12.1 Å². The first-order chi connectivity index (χ1) is 7.31. The van der Waals surface area contributed by atoms with E-state index in [1.165, 1.54) is 5.56 Å². The van der Waals surface area contributed by atoms with Gasteiger partial charge in [-0.15, -0.1) is 0 Å². The third-order valence-corrected chi connectivity index (χ3v) is 2.76. The van der Waals surface area contributed by atoms with Gasteiger partial charge in [0.25, 0.3) is 0 Å². The van der Waals surface area contributed by atoms with Crippen LogP contribution in [0.2, 0.25) is 0 Å². The zero-order valence-corrected chi connectivity index (χ0v) is 9.19. The van der Waals surface area contributed by atoms with Crippen LogP contribution < -0.4 is 10.1 Å². The highest BCUT2D eigenvalue weighted by molar-refractivity contribution is 5.29. The van der Waals surface area contributed by atoms with Gasteiger partial charge in [-0.3, -0.25) is 0 Å². The van der Waals surface area contributed by atoms with Crippen molar-refractivity contribution in [3.8, 4) is 5.75 Å². The Morgan fingerprint density at radius 3 is 2.67 bits per heavy atom. The quantitative estimate of drug-likeness (QED) is 0.801. The molecule has 0 spiro atoms. The third-order valence-electron chi connectivity index (χ3n) is 2.76. The molecule has 1 aliphatic heterocycles. The van der Waals surface area contributed by atoms with Crippen molar-refractivity contribution in [2.24, 2.45) is 0 Å². The highest BCUT2D eigenvalue weighted by atomic mass is 16.5. The van der Waals surface area contributed by atoms with E-state index in [-0.39, 0.29) is 6.10 Å². The first kappa shape index (κ1) is 10.5. The summed E-state index contributed by atoms with van der Waals surface area (Å²) < 4.78 is 10.9. The van der Waals surface area contributed by atoms with Gasteiger partial charge in [-0.05, 0) is 24.6 Å². The summed E-state index contributed by atoms with van der Waals surface area (Å²) in [5.41, 5.74) is 1.20. The molecule has 15 heavy (non-hydrogen) atoms. The summed E-state index contributed by atoms with van der Waals surface area (Å²) in [4.78, 5) is 0. The summed E-state index contributed by atoms with van der Waals surface area (Å²) >= 11 is 0. The average molecular weight is 207 g/mol. The molecular formula is C12H17NO2. The van der Waals surface area contributed by atoms with Crippen molar-refractivity contribution in [1.29, 1.82) is 0 Å². The van der Waals surface area contributed by atoms with E-state index in [2.05, 4.69) is 24.4 Å². The summed E-state index contributed by atoms with van der Waals surface area (Å²) in [6, 6.07) is 8.44. The summed E-state index contributed by atoms with van der Waals surface area (Å²) in [5.74, 6) is 0.884. The van der Waals surface area contributed by atoms with Crippen molar-refractivity contribution in [2.45, 2.75) is 19.1 Å². The average Bonchev–Trinajstić information content (AvgIpc) is 2.30. The molecule has 3 heteroatoms. The van der Waals surface area contributed by atoms with Gasteiger partial charge in [-0.1, -0.05) is 12.1 Å². The lowest BCUT2D eigenvalue weighted by Gasteiger charge is -2.30. The van der Waals surface area contributed by atoms with Gasteiger partial charge in [0.1, 0.15) is 5.75 Å². The second kappa shape index (κ2) is 4.64. The highest BCUT2D eigenvalue weighted by Crippen LogP contribution is 2.25. The van der Waals surface area contributed by atoms with Crippen LogP contribution in [0.5, 0.6) is 5.75 Å². The van der Waals surface area contributed by atoms with E-state index in [1.54, 1.807) is 7.11 Å². The van der Waals surface area contributed by atoms with Crippen molar-refractivity contribution >= 4 is 0 Å². The molecule has 1 heterocycles. The maximum Gasteiger partial charge on any atom is 0.118 e. The largest absolute Gasteiger partial charge is 0.497 e. The molecule has 1 aromatic carbocycles. The van der Waals surface area contributed by atoms with Crippen LogP contribution in [-0.2, 0) is 4.74 Å². The maximum atomic E-state index is 5.75. The predicted octanol–water partition coefficient (Wildman–Crippen LogP) is 1.74. The van der Waals surface area contributed by atoms with E-state index in [9.17, 15) is 0 Å². The molecule has 0 saturated carbocycles. The molecule has 3 nitrogen and oxygen atoms in total. The van der Waals surface area contributed by atoms with Gasteiger partial charge in [-0.25, -0.2) is 0 Å². The van der Waals surface area contributed by atoms with Crippen molar-refractivity contribution in [3.63, 3.8) is 0 Å². The van der Waals surface area contributed by atoms with Crippen LogP contribution in [-0.4, -0.2) is 26.3 Å². The van der Waals surface area contributed by atoms with Gasteiger partial charge in [0.15, 0.2) is 0 Å². The molecule has 1 aromatic rings. The predicted molar refractivity (Wildman–Crippen MR) is 59.2 cm³/mol. The first-order valence-electron chi connectivity index (χ1n) is 5.30. The summed E-state index contributed by atoms with van der Waals surface area (Å²) in [6.07, 6.45) is 0.157. The normalized spacial score (nSPS) is 26.3. The van der Waals surface area contributed by atoms with Crippen molar-refractivity contribution in [1.82, 2.24) is 5.32 Å². The lowest BCUT2D eigenvalue weighted by atomic mass is 10.0. The Balaban J connectivity index is 2.13. The lowest BCUT2D eigenvalue weighted by molar-refractivity contribution is -0.000243. The molecule has 0 bridgehead atoms. The molecule has 1 saturated heterocycles. The third kappa shape index (κ3) is 2.30. The first-order valence-corrected chi connectivity index (χ1v) is 5.30. The molecule has 0 unspecified atom stereocenters. The molecule has 2 atom stereocenters. The second-order valence-electron chi connectivity index (χ2n) is 3.81. The Bertz CT molecular complexity index is 310. The van der Waals surface area contributed by atoms with Crippen molar-refractivity contribution in [2.75, 3.05) is 20.3 Å². The van der Waals surface area contributed by atoms with E-state index < -0.39 is 0 Å². The maximum absolute atomic E-state index is 5.75. The van der Waals surface area contributed by atoms with E-state index in [0.29, 0.717) is 6.04 Å². The fourth-order valence-corrected chi connectivity index (χ4v) is 1.90. The smallest absolute Gasteiger partial charge is 0.118 e. The number of rotatable bonds is 2. The summed E-state index contributed by atoms with van der Waals surface area (Å²) in [7, 11) is 1.68. The molecule has 0 radical (unpaired) electrons. The number of morpholine rings is 1. The minimum atomic E-state index is 0.157. The Kier molecular flexibility index (Phi) is 3.23. The van der Waals surface area contributed by atoms with Gasteiger partial charge in [0.05, 0.1) is 19.8 Å². The van der Waals surface area contributed by atoms with Crippen molar-refractivity contribution < 1.29 is 9.47 Å². The molecule has 0 amide bonds. The van der Waals surface area contributed by atoms with Crippen LogP contribution in [0.3, 0.4) is 0 Å². The molecule has 1 fully saturated rings. The van der Waals surface area contributed by atoms with E-state index in [0.717, 1.165) is 18.9 Å². The Labute approximate surface area is 90.4 Å². The number of nitrogens with one attached hydrogen (secondary N) is 1. The fourth-order valence-electron chi connectivity index (χ4n) is 1.90. The number of ether oxygens (including phenoxy) is 2. The monoisotopic (exact) mass is 207 g/mol. The zero-order chi connectivity index (χ0) is 10.7. The van der Waals surface area contributed by atoms with Crippen molar-refractivity contribution in [3.05, 3.63) is 29.8 Å². The van der Waals surface area contributed by atoms with Gasteiger partial charge < -0.3 is 14.8 Å². The van der Waals surface area contributed by atoms with Crippen LogP contribution >= 0.6 is 0 Å². The molecule has 1 N–H and O–H groups in total. The Hall–Kier alpha value is -1.06. The van der Waals surface area contributed by atoms with Gasteiger partial charge in [-0.2, -0.15) is 0 Å². The standard InChI is InChI=1S/C12H17NO2/c1-9-12(15-8-7-13-9)10-3-5-11(14-2)6-4-10/h3-6,9,12-13H,7-8H2,1-2H3/t9-,12+/m0/s1. The molecule has 2 rings (SSSR count). The SMILES string of the molecule is COc1ccc([C@@H]2OCCN[C@H]2C)cc1. The molecule has 0 aromatic heterocycles. The van der Waals surface area contributed by atoms with Crippen LogP contribution in [0.15, 0.2) is 24.3 Å². The van der Waals surface area contributed by atoms with Gasteiger partial charge in [0.2, 0.25) is 0 Å². The number of benzene rings is 1. The molecule has 0 aliphatic carbocycles. The minimum Gasteiger partial charge on any atom is -0.497 e. The second-order valence-corrected chi connectivity index (χ2v) is 3.81. The van der Waals surface area contributed by atoms with Crippen LogP contribution in [0, 0.1) is 0 Å². The van der Waals surface area contributed by atoms with Gasteiger partial charge in [0, 0.05) is 12.6 Å². The fraction of sp³-hybridized carbons (Fsp3) is 0.500. The number of hydrogen-bond acceptors (Lipinski definition) is 3. The topological polar surface area (TPSA) is 30.5 Å². The molecule has 82 valence electrons. The van der Waals surface area contributed by atoms with E-state index >= 15 is 0 Å². The minimum absolute atomic E-state index is 0.157. The van der Waals surface area contributed by atoms with Crippen LogP contribution in [0.25, 0.3) is 0 Å². The Morgan fingerprint density at radius 1 is 1.33 bits per heavy atom. The summed E-state index contributed by atoms with van der Waals surface area (Å²) in [6.45, 7) is 3.86. The molecule has 1 aliphatic rings. The highest BCUT2D eigenvalue weighted by Gasteiger charge is 2.22. The van der Waals surface area contributed by atoms with Gasteiger partial charge >= 0.3 is 0 Å². The van der Waals surface area contributed by atoms with E-state index in [4.69, 9.17) is 9.47 Å². The molecular weight excluding hydrogens is 190 g/mol. The van der Waals surface area contributed by atoms with Crippen LogP contribution in [0.1, 0.15) is 18.6 Å². The van der Waals surface area contributed by atoms with Crippen LogP contribution in [0.4, 0.5) is 0 Å². The number of methoxy groups -OCH3 is 1. The Morgan fingerprint density at radius 2 is 2.07 bits per heavy atom. The lowest BCUT2D eigenvalue weighted by Crippen LogP contribution is -2.41. The summed E-state index contributed by atoms with van der Waals surface area (Å²) in [5, 5.41) is 3.40.